The van der Waals surface area contributed by atoms with Crippen LogP contribution < -0.4 is 21.5 Å². The summed E-state index contributed by atoms with van der Waals surface area (Å²) in [7, 11) is 0. The third-order valence-electron chi connectivity index (χ3n) is 2.81. The maximum Gasteiger partial charge on any atom is 0.278 e. The van der Waals surface area contributed by atoms with Gasteiger partial charge in [-0.05, 0) is 13.8 Å². The average molecular weight is 223 g/mol. The molecule has 2 unspecified atom stereocenters. The Kier molecular flexibility index (Phi) is 2.30. The van der Waals surface area contributed by atoms with Crippen LogP contribution in [0.1, 0.15) is 13.8 Å². The van der Waals surface area contributed by atoms with E-state index in [2.05, 4.69) is 15.3 Å². The molecule has 16 heavy (non-hydrogen) atoms. The molecule has 0 fully saturated rings. The number of H-pyrrole nitrogens is 1. The lowest BCUT2D eigenvalue weighted by molar-refractivity contribution is -0.107. The molecule has 1 aromatic rings. The number of hydrogen-bond donors (Lipinski definition) is 3. The van der Waals surface area contributed by atoms with Gasteiger partial charge in [0.25, 0.3) is 5.56 Å². The molecule has 7 nitrogen and oxygen atoms in total. The van der Waals surface area contributed by atoms with Gasteiger partial charge in [-0.1, -0.05) is 0 Å². The number of nitrogen functional groups attached to an aromatic ring is 1. The molecule has 1 aliphatic heterocycles. The number of carbonyl (C=O) groups is 1. The van der Waals surface area contributed by atoms with Gasteiger partial charge in [-0.15, -0.1) is 0 Å². The molecule has 2 heterocycles. The first-order valence-electron chi connectivity index (χ1n) is 4.94. The molecular formula is C9H13N5O2. The second kappa shape index (κ2) is 3.51. The van der Waals surface area contributed by atoms with E-state index in [1.165, 1.54) is 4.90 Å². The number of nitrogens with zero attached hydrogens (tertiary/aromatic N) is 2. The molecule has 0 radical (unpaired) electrons. The molecule has 0 aromatic carbocycles. The van der Waals surface area contributed by atoms with Gasteiger partial charge >= 0.3 is 0 Å². The fraction of sp³-hybridized carbons (Fsp3) is 0.444. The predicted octanol–water partition coefficient (Wildman–Crippen LogP) is -0.483. The van der Waals surface area contributed by atoms with Gasteiger partial charge < -0.3 is 16.0 Å². The van der Waals surface area contributed by atoms with Crippen LogP contribution in [-0.4, -0.2) is 28.5 Å². The van der Waals surface area contributed by atoms with Gasteiger partial charge in [0.15, 0.2) is 11.5 Å². The first kappa shape index (κ1) is 10.5. The van der Waals surface area contributed by atoms with Crippen LogP contribution >= 0.6 is 0 Å². The van der Waals surface area contributed by atoms with Gasteiger partial charge in [-0.3, -0.25) is 14.6 Å². The van der Waals surface area contributed by atoms with Crippen molar-refractivity contribution in [3.05, 3.63) is 10.4 Å². The van der Waals surface area contributed by atoms with Gasteiger partial charge in [-0.25, -0.2) is 0 Å². The van der Waals surface area contributed by atoms with Gasteiger partial charge in [0.05, 0.1) is 6.04 Å². The normalized spacial score (nSPS) is 23.5. The molecule has 1 aliphatic rings. The minimum atomic E-state index is -0.416. The van der Waals surface area contributed by atoms with E-state index in [1.807, 2.05) is 13.8 Å². The molecule has 1 amide bonds. The number of anilines is 3. The Morgan fingerprint density at radius 3 is 2.81 bits per heavy atom. The number of amides is 1. The lowest BCUT2D eigenvalue weighted by Crippen LogP contribution is -2.49. The highest BCUT2D eigenvalue weighted by molar-refractivity contribution is 5.84. The van der Waals surface area contributed by atoms with Crippen LogP contribution in [-0.2, 0) is 4.79 Å². The summed E-state index contributed by atoms with van der Waals surface area (Å²) in [6, 6.07) is -0.108. The standard InChI is InChI=1S/C9H13N5O2/c1-4-5(2)14(3-15)6-7(11-4)12-9(10)13-8(6)16/h3-5H,1-2H3,(H4,10,11,12,13,16). The van der Waals surface area contributed by atoms with E-state index in [4.69, 9.17) is 5.73 Å². The lowest BCUT2D eigenvalue weighted by Gasteiger charge is -2.36. The highest BCUT2D eigenvalue weighted by atomic mass is 16.1. The fourth-order valence-corrected chi connectivity index (χ4v) is 1.75. The molecule has 4 N–H and O–H groups in total. The van der Waals surface area contributed by atoms with Crippen molar-refractivity contribution in [2.45, 2.75) is 25.9 Å². The Morgan fingerprint density at radius 2 is 2.19 bits per heavy atom. The summed E-state index contributed by atoms with van der Waals surface area (Å²) < 4.78 is 0. The van der Waals surface area contributed by atoms with E-state index in [0.717, 1.165) is 0 Å². The number of nitrogens with one attached hydrogen (secondary N) is 2. The van der Waals surface area contributed by atoms with Crippen LogP contribution in [0.15, 0.2) is 4.79 Å². The second-order valence-electron chi connectivity index (χ2n) is 3.83. The molecule has 2 atom stereocenters. The van der Waals surface area contributed by atoms with Crippen molar-refractivity contribution in [2.24, 2.45) is 0 Å². The van der Waals surface area contributed by atoms with Crippen LogP contribution in [0.25, 0.3) is 0 Å². The summed E-state index contributed by atoms with van der Waals surface area (Å²) in [6.45, 7) is 3.76. The Labute approximate surface area is 91.7 Å². The molecule has 2 rings (SSSR count). The Bertz CT molecular complexity index is 483. The second-order valence-corrected chi connectivity index (χ2v) is 3.83. The van der Waals surface area contributed by atoms with Crippen LogP contribution in [0.2, 0.25) is 0 Å². The van der Waals surface area contributed by atoms with Gasteiger partial charge in [0.1, 0.15) is 0 Å². The number of aromatic amines is 1. The van der Waals surface area contributed by atoms with Crippen molar-refractivity contribution in [2.75, 3.05) is 16.0 Å². The Hall–Kier alpha value is -2.05. The molecule has 0 bridgehead atoms. The van der Waals surface area contributed by atoms with E-state index in [0.29, 0.717) is 12.2 Å². The third kappa shape index (κ3) is 1.40. The van der Waals surface area contributed by atoms with E-state index < -0.39 is 5.56 Å². The average Bonchev–Trinajstić information content (AvgIpc) is 2.20. The zero-order valence-corrected chi connectivity index (χ0v) is 9.02. The summed E-state index contributed by atoms with van der Waals surface area (Å²) >= 11 is 0. The maximum absolute atomic E-state index is 11.7. The van der Waals surface area contributed by atoms with Crippen LogP contribution in [0.3, 0.4) is 0 Å². The lowest BCUT2D eigenvalue weighted by atomic mass is 10.1. The smallest absolute Gasteiger partial charge is 0.278 e. The van der Waals surface area contributed by atoms with Crippen molar-refractivity contribution in [1.82, 2.24) is 9.97 Å². The summed E-state index contributed by atoms with van der Waals surface area (Å²) in [5.74, 6) is 0.378. The van der Waals surface area contributed by atoms with Crippen molar-refractivity contribution in [3.8, 4) is 0 Å². The molecule has 0 aliphatic carbocycles. The largest absolute Gasteiger partial charge is 0.369 e. The third-order valence-corrected chi connectivity index (χ3v) is 2.81. The van der Waals surface area contributed by atoms with Crippen LogP contribution in [0.5, 0.6) is 0 Å². The summed E-state index contributed by atoms with van der Waals surface area (Å²) in [5, 5.41) is 3.04. The van der Waals surface area contributed by atoms with Crippen molar-refractivity contribution in [1.29, 1.82) is 0 Å². The molecular weight excluding hydrogens is 210 g/mol. The Morgan fingerprint density at radius 1 is 1.50 bits per heavy atom. The quantitative estimate of drug-likeness (QED) is 0.558. The van der Waals surface area contributed by atoms with Crippen molar-refractivity contribution in [3.63, 3.8) is 0 Å². The molecule has 7 heteroatoms. The molecule has 86 valence electrons. The number of nitrogens with two attached hydrogens (primary N) is 1. The summed E-state index contributed by atoms with van der Waals surface area (Å²) in [4.78, 5) is 30.4. The summed E-state index contributed by atoms with van der Waals surface area (Å²) in [6.07, 6.45) is 0.633. The van der Waals surface area contributed by atoms with Crippen LogP contribution in [0.4, 0.5) is 17.5 Å². The summed E-state index contributed by atoms with van der Waals surface area (Å²) in [5.41, 5.74) is 5.24. The first-order valence-corrected chi connectivity index (χ1v) is 4.94. The molecule has 0 saturated heterocycles. The molecule has 1 aromatic heterocycles. The minimum Gasteiger partial charge on any atom is -0.369 e. The molecule has 0 spiro atoms. The number of hydrogen-bond acceptors (Lipinski definition) is 5. The number of aromatic nitrogens is 2. The maximum atomic E-state index is 11.7. The topological polar surface area (TPSA) is 104 Å². The fourth-order valence-electron chi connectivity index (χ4n) is 1.75. The van der Waals surface area contributed by atoms with Gasteiger partial charge in [0, 0.05) is 6.04 Å². The van der Waals surface area contributed by atoms with Gasteiger partial charge in [0.2, 0.25) is 12.4 Å². The zero-order chi connectivity index (χ0) is 11.9. The number of rotatable bonds is 1. The van der Waals surface area contributed by atoms with E-state index in [9.17, 15) is 9.59 Å². The number of carbonyl (C=O) groups excluding carboxylic acids is 1. The van der Waals surface area contributed by atoms with Crippen molar-refractivity contribution >= 4 is 23.9 Å². The van der Waals surface area contributed by atoms with E-state index in [-0.39, 0.29) is 23.7 Å². The zero-order valence-electron chi connectivity index (χ0n) is 9.02. The highest BCUT2D eigenvalue weighted by Gasteiger charge is 2.31. The molecule has 0 saturated carbocycles. The highest BCUT2D eigenvalue weighted by Crippen LogP contribution is 2.27. The number of fused-ring (bicyclic) bond motifs is 1. The minimum absolute atomic E-state index is 0.00593. The van der Waals surface area contributed by atoms with Gasteiger partial charge in [-0.2, -0.15) is 4.98 Å². The van der Waals surface area contributed by atoms with E-state index in [1.54, 1.807) is 0 Å². The van der Waals surface area contributed by atoms with Crippen molar-refractivity contribution < 1.29 is 4.79 Å². The van der Waals surface area contributed by atoms with E-state index >= 15 is 0 Å². The van der Waals surface area contributed by atoms with Crippen LogP contribution in [0, 0.1) is 0 Å². The Balaban J connectivity index is 2.64. The predicted molar refractivity (Wildman–Crippen MR) is 60.4 cm³/mol. The monoisotopic (exact) mass is 223 g/mol. The SMILES string of the molecule is CC1Nc2nc(N)[nH]c(=O)c2N(C=O)C1C. The first-order chi connectivity index (χ1) is 7.54.